The van der Waals surface area contributed by atoms with E-state index in [9.17, 15) is 4.79 Å². The fourth-order valence-corrected chi connectivity index (χ4v) is 2.06. The maximum atomic E-state index is 11.8. The average molecular weight is 234 g/mol. The standard InChI is InChI=1S/C13H18N2O2/c1-9-4-2-6-11(14)13(9)15-12(16)8-10-5-3-7-17-10/h2,4,6,10H,3,5,7-8,14H2,1H3,(H,15,16). The first-order valence-corrected chi connectivity index (χ1v) is 5.93. The van der Waals surface area contributed by atoms with Crippen molar-refractivity contribution in [2.45, 2.75) is 32.3 Å². The van der Waals surface area contributed by atoms with E-state index in [-0.39, 0.29) is 12.0 Å². The third kappa shape index (κ3) is 2.97. The van der Waals surface area contributed by atoms with Gasteiger partial charge in [0.2, 0.25) is 5.91 Å². The van der Waals surface area contributed by atoms with E-state index in [1.54, 1.807) is 6.07 Å². The van der Waals surface area contributed by atoms with E-state index in [4.69, 9.17) is 10.5 Å². The monoisotopic (exact) mass is 234 g/mol. The quantitative estimate of drug-likeness (QED) is 0.787. The van der Waals surface area contributed by atoms with E-state index in [1.807, 2.05) is 19.1 Å². The van der Waals surface area contributed by atoms with Crippen molar-refractivity contribution >= 4 is 17.3 Å². The van der Waals surface area contributed by atoms with Crippen molar-refractivity contribution < 1.29 is 9.53 Å². The van der Waals surface area contributed by atoms with Crippen molar-refractivity contribution in [3.05, 3.63) is 23.8 Å². The highest BCUT2D eigenvalue weighted by Gasteiger charge is 2.19. The minimum atomic E-state index is -0.0297. The van der Waals surface area contributed by atoms with Gasteiger partial charge in [-0.2, -0.15) is 0 Å². The van der Waals surface area contributed by atoms with Crippen molar-refractivity contribution in [1.82, 2.24) is 0 Å². The van der Waals surface area contributed by atoms with Crippen molar-refractivity contribution in [3.63, 3.8) is 0 Å². The number of hydrogen-bond acceptors (Lipinski definition) is 3. The van der Waals surface area contributed by atoms with Crippen molar-refractivity contribution in [3.8, 4) is 0 Å². The van der Waals surface area contributed by atoms with Gasteiger partial charge in [-0.05, 0) is 31.4 Å². The van der Waals surface area contributed by atoms with Gasteiger partial charge in [-0.25, -0.2) is 0 Å². The Hall–Kier alpha value is -1.55. The minimum Gasteiger partial charge on any atom is -0.397 e. The lowest BCUT2D eigenvalue weighted by Crippen LogP contribution is -2.20. The molecule has 0 spiro atoms. The Kier molecular flexibility index (Phi) is 3.64. The number of carbonyl (C=O) groups is 1. The molecule has 1 aromatic carbocycles. The molecule has 0 bridgehead atoms. The summed E-state index contributed by atoms with van der Waals surface area (Å²) in [4.78, 5) is 11.8. The molecule has 1 saturated heterocycles. The number of amides is 1. The Morgan fingerprint density at radius 2 is 2.41 bits per heavy atom. The number of ether oxygens (including phenoxy) is 1. The molecule has 92 valence electrons. The van der Waals surface area contributed by atoms with Gasteiger partial charge in [-0.15, -0.1) is 0 Å². The number of nitrogens with two attached hydrogens (primary N) is 1. The third-order valence-corrected chi connectivity index (χ3v) is 3.01. The zero-order chi connectivity index (χ0) is 12.3. The number of carbonyl (C=O) groups excluding carboxylic acids is 1. The first-order valence-electron chi connectivity index (χ1n) is 5.93. The van der Waals surface area contributed by atoms with Crippen LogP contribution in [0.15, 0.2) is 18.2 Å². The molecule has 1 amide bonds. The molecule has 1 atom stereocenters. The summed E-state index contributed by atoms with van der Waals surface area (Å²) in [6.07, 6.45) is 2.50. The van der Waals surface area contributed by atoms with E-state index in [1.165, 1.54) is 0 Å². The van der Waals surface area contributed by atoms with Crippen LogP contribution in [0.2, 0.25) is 0 Å². The van der Waals surface area contributed by atoms with E-state index >= 15 is 0 Å². The molecule has 1 heterocycles. The van der Waals surface area contributed by atoms with Gasteiger partial charge in [0.1, 0.15) is 0 Å². The summed E-state index contributed by atoms with van der Waals surface area (Å²) < 4.78 is 5.43. The molecule has 1 aliphatic rings. The molecular weight excluding hydrogens is 216 g/mol. The Morgan fingerprint density at radius 3 is 3.06 bits per heavy atom. The van der Waals surface area contributed by atoms with Crippen LogP contribution in [0.4, 0.5) is 11.4 Å². The summed E-state index contributed by atoms with van der Waals surface area (Å²) >= 11 is 0. The summed E-state index contributed by atoms with van der Waals surface area (Å²) in [6.45, 7) is 2.70. The van der Waals surface area contributed by atoms with Crippen LogP contribution < -0.4 is 11.1 Å². The van der Waals surface area contributed by atoms with Gasteiger partial charge in [0.15, 0.2) is 0 Å². The maximum absolute atomic E-state index is 11.8. The lowest BCUT2D eigenvalue weighted by molar-refractivity contribution is -0.118. The molecular formula is C13H18N2O2. The average Bonchev–Trinajstić information content (AvgIpc) is 2.76. The van der Waals surface area contributed by atoms with Crippen LogP contribution in [-0.2, 0) is 9.53 Å². The smallest absolute Gasteiger partial charge is 0.227 e. The van der Waals surface area contributed by atoms with E-state index in [0.717, 1.165) is 30.7 Å². The summed E-state index contributed by atoms with van der Waals surface area (Å²) in [7, 11) is 0. The van der Waals surface area contributed by atoms with Crippen molar-refractivity contribution in [1.29, 1.82) is 0 Å². The second kappa shape index (κ2) is 5.19. The Labute approximate surface area is 101 Å². The van der Waals surface area contributed by atoms with Gasteiger partial charge in [0, 0.05) is 6.61 Å². The zero-order valence-corrected chi connectivity index (χ0v) is 10.0. The fourth-order valence-electron chi connectivity index (χ4n) is 2.06. The van der Waals surface area contributed by atoms with Gasteiger partial charge in [0.25, 0.3) is 0 Å². The topological polar surface area (TPSA) is 64.3 Å². The molecule has 0 radical (unpaired) electrons. The van der Waals surface area contributed by atoms with Gasteiger partial charge in [0.05, 0.1) is 23.9 Å². The van der Waals surface area contributed by atoms with Crippen LogP contribution in [0.5, 0.6) is 0 Å². The van der Waals surface area contributed by atoms with Crippen LogP contribution in [0.25, 0.3) is 0 Å². The predicted molar refractivity (Wildman–Crippen MR) is 67.8 cm³/mol. The highest BCUT2D eigenvalue weighted by atomic mass is 16.5. The van der Waals surface area contributed by atoms with E-state index in [2.05, 4.69) is 5.32 Å². The molecule has 4 heteroatoms. The second-order valence-corrected chi connectivity index (χ2v) is 4.43. The Bertz CT molecular complexity index is 392. The molecule has 0 saturated carbocycles. The number of nitrogens with one attached hydrogen (secondary N) is 1. The Balaban J connectivity index is 1.97. The van der Waals surface area contributed by atoms with Crippen LogP contribution in [0.3, 0.4) is 0 Å². The molecule has 1 aliphatic heterocycles. The van der Waals surface area contributed by atoms with E-state index < -0.39 is 0 Å². The maximum Gasteiger partial charge on any atom is 0.227 e. The minimum absolute atomic E-state index is 0.0297. The summed E-state index contributed by atoms with van der Waals surface area (Å²) in [5.74, 6) is -0.0297. The first kappa shape index (κ1) is 11.9. The number of rotatable bonds is 3. The highest BCUT2D eigenvalue weighted by molar-refractivity contribution is 5.95. The van der Waals surface area contributed by atoms with Gasteiger partial charge in [-0.1, -0.05) is 12.1 Å². The summed E-state index contributed by atoms with van der Waals surface area (Å²) in [5, 5.41) is 2.86. The molecule has 1 fully saturated rings. The van der Waals surface area contributed by atoms with Crippen LogP contribution in [-0.4, -0.2) is 18.6 Å². The third-order valence-electron chi connectivity index (χ3n) is 3.01. The normalized spacial score (nSPS) is 19.2. The number of hydrogen-bond donors (Lipinski definition) is 2. The Morgan fingerprint density at radius 1 is 1.59 bits per heavy atom. The lowest BCUT2D eigenvalue weighted by atomic mass is 10.1. The summed E-state index contributed by atoms with van der Waals surface area (Å²) in [5.41, 5.74) is 8.13. The van der Waals surface area contributed by atoms with Gasteiger partial charge >= 0.3 is 0 Å². The first-order chi connectivity index (χ1) is 8.16. The zero-order valence-electron chi connectivity index (χ0n) is 10.0. The molecule has 1 unspecified atom stereocenters. The number of nitrogen functional groups attached to an aromatic ring is 1. The highest BCUT2D eigenvalue weighted by Crippen LogP contribution is 2.23. The van der Waals surface area contributed by atoms with Gasteiger partial charge < -0.3 is 15.8 Å². The van der Waals surface area contributed by atoms with Crippen LogP contribution >= 0.6 is 0 Å². The lowest BCUT2D eigenvalue weighted by Gasteiger charge is -2.13. The van der Waals surface area contributed by atoms with Crippen molar-refractivity contribution in [2.24, 2.45) is 0 Å². The van der Waals surface area contributed by atoms with Gasteiger partial charge in [-0.3, -0.25) is 4.79 Å². The van der Waals surface area contributed by atoms with Crippen LogP contribution in [0.1, 0.15) is 24.8 Å². The molecule has 3 N–H and O–H groups in total. The summed E-state index contributed by atoms with van der Waals surface area (Å²) in [6, 6.07) is 5.59. The molecule has 17 heavy (non-hydrogen) atoms. The number of anilines is 2. The molecule has 0 aliphatic carbocycles. The van der Waals surface area contributed by atoms with Crippen LogP contribution in [0, 0.1) is 6.92 Å². The molecule has 4 nitrogen and oxygen atoms in total. The largest absolute Gasteiger partial charge is 0.397 e. The fraction of sp³-hybridized carbons (Fsp3) is 0.462. The molecule has 2 rings (SSSR count). The number of aryl methyl sites for hydroxylation is 1. The van der Waals surface area contributed by atoms with E-state index in [0.29, 0.717) is 12.1 Å². The molecule has 0 aromatic heterocycles. The predicted octanol–water partition coefficient (Wildman–Crippen LogP) is 2.08. The van der Waals surface area contributed by atoms with Crippen molar-refractivity contribution in [2.75, 3.05) is 17.7 Å². The number of benzene rings is 1. The SMILES string of the molecule is Cc1cccc(N)c1NC(=O)CC1CCCO1. The molecule has 1 aromatic rings. The number of para-hydroxylation sites is 1. The second-order valence-electron chi connectivity index (χ2n) is 4.43.